The quantitative estimate of drug-likeness (QED) is 0.445. The van der Waals surface area contributed by atoms with Crippen LogP contribution in [0.25, 0.3) is 0 Å². The molecule has 0 saturated carbocycles. The van der Waals surface area contributed by atoms with Gasteiger partial charge in [-0.1, -0.05) is 0 Å². The Labute approximate surface area is 119 Å². The summed E-state index contributed by atoms with van der Waals surface area (Å²) < 4.78 is 90.5. The maximum atomic E-state index is 13.1. The van der Waals surface area contributed by atoms with Crippen molar-refractivity contribution in [2.45, 2.75) is 61.9 Å². The summed E-state index contributed by atoms with van der Waals surface area (Å²) in [6.07, 6.45) is -11.4. The van der Waals surface area contributed by atoms with E-state index in [0.29, 0.717) is 0 Å². The first-order valence-corrected chi connectivity index (χ1v) is 5.78. The molecule has 3 N–H and O–H groups in total. The standard InChI is InChI=1S/C10H12F6O6/c1-4(2)8(20-4)7(19,10(14,15)16)21-5(3,17)6(18,22-8)9(11,12)13/h17-19H,1-3H3/t5-,6-,7+,8-/m0/s1. The van der Waals surface area contributed by atoms with E-state index in [1.165, 1.54) is 0 Å². The highest BCUT2D eigenvalue weighted by atomic mass is 19.4. The Bertz CT molecular complexity index is 501. The van der Waals surface area contributed by atoms with E-state index in [1.807, 2.05) is 0 Å². The van der Waals surface area contributed by atoms with Crippen LogP contribution in [0, 0.1) is 0 Å². The molecule has 0 aromatic rings. The number of ether oxygens (including phenoxy) is 3. The first-order chi connectivity index (χ1) is 9.37. The fraction of sp³-hybridized carbons (Fsp3) is 1.00. The fourth-order valence-electron chi connectivity index (χ4n) is 2.32. The largest absolute Gasteiger partial charge is 0.449 e. The summed E-state index contributed by atoms with van der Waals surface area (Å²) in [5.74, 6) is -16.4. The highest BCUT2D eigenvalue weighted by molar-refractivity contribution is 5.19. The van der Waals surface area contributed by atoms with Crippen LogP contribution in [0.5, 0.6) is 0 Å². The maximum absolute atomic E-state index is 13.1. The number of epoxide rings is 1. The van der Waals surface area contributed by atoms with E-state index in [0.717, 1.165) is 13.8 Å². The van der Waals surface area contributed by atoms with Gasteiger partial charge in [-0.25, -0.2) is 0 Å². The van der Waals surface area contributed by atoms with E-state index in [2.05, 4.69) is 14.2 Å². The average Bonchev–Trinajstić information content (AvgIpc) is 2.75. The number of hydrogen-bond donors (Lipinski definition) is 3. The third kappa shape index (κ3) is 1.79. The van der Waals surface area contributed by atoms with E-state index in [-0.39, 0.29) is 6.92 Å². The highest BCUT2D eigenvalue weighted by Gasteiger charge is 2.93. The molecule has 2 aliphatic heterocycles. The molecule has 0 radical (unpaired) electrons. The van der Waals surface area contributed by atoms with Gasteiger partial charge in [-0.15, -0.1) is 0 Å². The second kappa shape index (κ2) is 3.87. The normalized spacial score (nSPS) is 48.5. The Morgan fingerprint density at radius 2 is 1.05 bits per heavy atom. The Morgan fingerprint density at radius 1 is 0.682 bits per heavy atom. The predicted molar refractivity (Wildman–Crippen MR) is 52.7 cm³/mol. The topological polar surface area (TPSA) is 91.7 Å². The van der Waals surface area contributed by atoms with Crippen LogP contribution in [0.3, 0.4) is 0 Å². The summed E-state index contributed by atoms with van der Waals surface area (Å²) in [7, 11) is 0. The van der Waals surface area contributed by atoms with Gasteiger partial charge < -0.3 is 24.8 Å². The molecule has 2 aliphatic rings. The molecule has 130 valence electrons. The van der Waals surface area contributed by atoms with Crippen molar-refractivity contribution in [2.24, 2.45) is 0 Å². The Kier molecular flexibility index (Phi) is 3.11. The monoisotopic (exact) mass is 342 g/mol. The van der Waals surface area contributed by atoms with Crippen LogP contribution in [-0.4, -0.2) is 56.4 Å². The molecule has 0 unspecified atom stereocenters. The Balaban J connectivity index is 2.63. The van der Waals surface area contributed by atoms with Crippen LogP contribution in [-0.2, 0) is 14.2 Å². The predicted octanol–water partition coefficient (Wildman–Crippen LogP) is 0.749. The number of rotatable bonds is 0. The third-order valence-electron chi connectivity index (χ3n) is 3.63. The molecule has 2 saturated heterocycles. The van der Waals surface area contributed by atoms with Gasteiger partial charge in [-0.3, -0.25) is 4.74 Å². The van der Waals surface area contributed by atoms with Gasteiger partial charge in [0.05, 0.1) is 0 Å². The summed E-state index contributed by atoms with van der Waals surface area (Å²) >= 11 is 0. The van der Waals surface area contributed by atoms with E-state index in [1.54, 1.807) is 0 Å². The van der Waals surface area contributed by atoms with E-state index in [9.17, 15) is 41.7 Å². The molecule has 4 atom stereocenters. The number of halogens is 6. The summed E-state index contributed by atoms with van der Waals surface area (Å²) in [5, 5.41) is 28.8. The fourth-order valence-corrected chi connectivity index (χ4v) is 2.32. The molecular weight excluding hydrogens is 330 g/mol. The third-order valence-corrected chi connectivity index (χ3v) is 3.63. The lowest BCUT2D eigenvalue weighted by Crippen LogP contribution is -2.79. The first kappa shape index (κ1) is 17.7. The van der Waals surface area contributed by atoms with Crippen LogP contribution in [0.4, 0.5) is 26.3 Å². The Morgan fingerprint density at radius 3 is 1.32 bits per heavy atom. The van der Waals surface area contributed by atoms with E-state index >= 15 is 0 Å². The molecule has 0 bridgehead atoms. The van der Waals surface area contributed by atoms with Gasteiger partial charge in [0, 0.05) is 0 Å². The molecule has 0 amide bonds. The minimum atomic E-state index is -5.75. The van der Waals surface area contributed by atoms with Crippen molar-refractivity contribution < 1.29 is 55.9 Å². The smallest absolute Gasteiger partial charge is 0.361 e. The zero-order valence-corrected chi connectivity index (χ0v) is 11.3. The van der Waals surface area contributed by atoms with Gasteiger partial charge in [0.25, 0.3) is 5.79 Å². The van der Waals surface area contributed by atoms with Crippen molar-refractivity contribution in [1.82, 2.24) is 0 Å². The number of hydrogen-bond acceptors (Lipinski definition) is 6. The zero-order chi connectivity index (χ0) is 17.6. The SMILES string of the molecule is CC1(C)O[C@]12O[C@](O)(C(F)(F)F)[C@@](C)(O)O[C@@]2(O)C(F)(F)F. The minimum Gasteiger partial charge on any atom is -0.361 e. The summed E-state index contributed by atoms with van der Waals surface area (Å²) in [6, 6.07) is 0. The van der Waals surface area contributed by atoms with Crippen LogP contribution in [0.1, 0.15) is 20.8 Å². The Hall–Kier alpha value is -0.660. The van der Waals surface area contributed by atoms with Crippen molar-refractivity contribution in [3.63, 3.8) is 0 Å². The van der Waals surface area contributed by atoms with Crippen molar-refractivity contribution in [3.05, 3.63) is 0 Å². The minimum absolute atomic E-state index is 0.0689. The zero-order valence-electron chi connectivity index (χ0n) is 11.3. The number of aliphatic hydroxyl groups is 3. The molecule has 1 spiro atoms. The van der Waals surface area contributed by atoms with Crippen molar-refractivity contribution in [1.29, 1.82) is 0 Å². The second-order valence-electron chi connectivity index (χ2n) is 5.70. The summed E-state index contributed by atoms with van der Waals surface area (Å²) in [6.45, 7) is 1.83. The van der Waals surface area contributed by atoms with Crippen molar-refractivity contribution in [3.8, 4) is 0 Å². The molecule has 12 heteroatoms. The lowest BCUT2D eigenvalue weighted by Gasteiger charge is -2.52. The second-order valence-corrected chi connectivity index (χ2v) is 5.70. The van der Waals surface area contributed by atoms with Gasteiger partial charge >= 0.3 is 23.9 Å². The van der Waals surface area contributed by atoms with E-state index in [4.69, 9.17) is 0 Å². The van der Waals surface area contributed by atoms with Crippen LogP contribution in [0.2, 0.25) is 0 Å². The number of alkyl halides is 6. The van der Waals surface area contributed by atoms with Crippen LogP contribution in [0.15, 0.2) is 0 Å². The summed E-state index contributed by atoms with van der Waals surface area (Å²) in [4.78, 5) is 0. The van der Waals surface area contributed by atoms with Gasteiger partial charge in [0.15, 0.2) is 0 Å². The molecule has 6 nitrogen and oxygen atoms in total. The lowest BCUT2D eigenvalue weighted by molar-refractivity contribution is -0.589. The molecule has 2 rings (SSSR count). The molecule has 0 aliphatic carbocycles. The van der Waals surface area contributed by atoms with Gasteiger partial charge in [0.1, 0.15) is 5.60 Å². The summed E-state index contributed by atoms with van der Waals surface area (Å²) in [5.41, 5.74) is -2.09. The molecule has 22 heavy (non-hydrogen) atoms. The lowest BCUT2D eigenvalue weighted by atomic mass is 9.92. The molecule has 2 fully saturated rings. The highest BCUT2D eigenvalue weighted by Crippen LogP contribution is 2.66. The molecule has 0 aromatic carbocycles. The van der Waals surface area contributed by atoms with Crippen molar-refractivity contribution in [2.75, 3.05) is 0 Å². The van der Waals surface area contributed by atoms with Gasteiger partial charge in [0.2, 0.25) is 5.79 Å². The molecule has 0 aromatic heterocycles. The van der Waals surface area contributed by atoms with Gasteiger partial charge in [-0.2, -0.15) is 26.3 Å². The first-order valence-electron chi connectivity index (χ1n) is 5.78. The average molecular weight is 342 g/mol. The van der Waals surface area contributed by atoms with Gasteiger partial charge in [-0.05, 0) is 20.8 Å². The van der Waals surface area contributed by atoms with Crippen LogP contribution < -0.4 is 0 Å². The maximum Gasteiger partial charge on any atom is 0.449 e. The van der Waals surface area contributed by atoms with Crippen LogP contribution >= 0.6 is 0 Å². The van der Waals surface area contributed by atoms with Crippen molar-refractivity contribution >= 4 is 0 Å². The van der Waals surface area contributed by atoms with E-state index < -0.39 is 41.1 Å². The molecular formula is C10H12F6O6. The molecule has 2 heterocycles.